The number of hydrogen-bond donors (Lipinski definition) is 0. The molecule has 1 aromatic heterocycles. The van der Waals surface area contributed by atoms with Gasteiger partial charge in [0.2, 0.25) is 0 Å². The van der Waals surface area contributed by atoms with Gasteiger partial charge < -0.3 is 0 Å². The van der Waals surface area contributed by atoms with Gasteiger partial charge in [0, 0.05) is 18.9 Å². The van der Waals surface area contributed by atoms with Crippen LogP contribution in [-0.2, 0) is 6.54 Å². The highest BCUT2D eigenvalue weighted by molar-refractivity contribution is 4.80. The molecule has 0 N–H and O–H groups in total. The Hall–Kier alpha value is -1.12. The molecule has 0 aliphatic heterocycles. The minimum absolute atomic E-state index is 0.136. The molecule has 0 bridgehead atoms. The van der Waals surface area contributed by atoms with Crippen LogP contribution in [-0.4, -0.2) is 9.55 Å². The van der Waals surface area contributed by atoms with Gasteiger partial charge in [-0.3, -0.25) is 4.57 Å². The molecule has 3 nitrogen and oxygen atoms in total. The van der Waals surface area contributed by atoms with Crippen LogP contribution in [0.3, 0.4) is 0 Å². The molecule has 0 aliphatic rings. The van der Waals surface area contributed by atoms with Crippen LogP contribution in [0.1, 0.15) is 39.0 Å². The number of nitrogens with zero attached hydrogens (tertiary/aromatic N) is 2. The van der Waals surface area contributed by atoms with Crippen molar-refractivity contribution in [2.45, 2.75) is 45.6 Å². The van der Waals surface area contributed by atoms with Crippen LogP contribution in [0.25, 0.3) is 0 Å². The average Bonchev–Trinajstić information content (AvgIpc) is 2.20. The smallest absolute Gasteiger partial charge is 0.299 e. The quantitative estimate of drug-likeness (QED) is 0.651. The Labute approximate surface area is 84.8 Å². The zero-order chi connectivity index (χ0) is 10.2. The van der Waals surface area contributed by atoms with Gasteiger partial charge in [-0.1, -0.05) is 32.6 Å². The molecule has 1 heterocycles. The molecule has 0 fully saturated rings. The Morgan fingerprint density at radius 2 is 2.07 bits per heavy atom. The van der Waals surface area contributed by atoms with Crippen LogP contribution in [0.15, 0.2) is 23.3 Å². The Balaban J connectivity index is 2.25. The van der Waals surface area contributed by atoms with E-state index in [1.165, 1.54) is 31.9 Å². The van der Waals surface area contributed by atoms with Crippen LogP contribution >= 0.6 is 0 Å². The zero-order valence-electron chi connectivity index (χ0n) is 8.78. The van der Waals surface area contributed by atoms with Gasteiger partial charge in [0.25, 0.3) is 0 Å². The van der Waals surface area contributed by atoms with Gasteiger partial charge in [0.15, 0.2) is 0 Å². The van der Waals surface area contributed by atoms with E-state index in [0.717, 1.165) is 13.0 Å². The molecule has 0 radical (unpaired) electrons. The maximum atomic E-state index is 11.2. The van der Waals surface area contributed by atoms with Crippen molar-refractivity contribution in [2.75, 3.05) is 0 Å². The fourth-order valence-corrected chi connectivity index (χ4v) is 1.44. The van der Waals surface area contributed by atoms with Gasteiger partial charge in [-0.15, -0.1) is 0 Å². The molecular formula is C11H18N2O. The van der Waals surface area contributed by atoms with Crippen LogP contribution in [0, 0.1) is 0 Å². The molecular weight excluding hydrogens is 176 g/mol. The van der Waals surface area contributed by atoms with Crippen LogP contribution in [0.2, 0.25) is 0 Å². The molecule has 0 atom stereocenters. The maximum Gasteiger partial charge on any atom is 0.347 e. The number of aryl methyl sites for hydroxylation is 1. The number of aromatic nitrogens is 2. The lowest BCUT2D eigenvalue weighted by Gasteiger charge is -2.03. The van der Waals surface area contributed by atoms with E-state index < -0.39 is 0 Å². The topological polar surface area (TPSA) is 34.9 Å². The first kappa shape index (κ1) is 11.0. The van der Waals surface area contributed by atoms with Gasteiger partial charge >= 0.3 is 5.69 Å². The molecule has 0 amide bonds. The lowest BCUT2D eigenvalue weighted by Crippen LogP contribution is -2.21. The number of rotatable bonds is 6. The fraction of sp³-hybridized carbons (Fsp3) is 0.636. The first-order valence-electron chi connectivity index (χ1n) is 5.36. The fourth-order valence-electron chi connectivity index (χ4n) is 1.44. The van der Waals surface area contributed by atoms with Gasteiger partial charge in [-0.25, -0.2) is 9.78 Å². The summed E-state index contributed by atoms with van der Waals surface area (Å²) in [4.78, 5) is 14.9. The van der Waals surface area contributed by atoms with E-state index in [-0.39, 0.29) is 5.69 Å². The largest absolute Gasteiger partial charge is 0.347 e. The maximum absolute atomic E-state index is 11.2. The number of hydrogen-bond acceptors (Lipinski definition) is 2. The molecule has 3 heteroatoms. The highest BCUT2D eigenvalue weighted by Crippen LogP contribution is 2.02. The van der Waals surface area contributed by atoms with E-state index >= 15 is 0 Å². The lowest BCUT2D eigenvalue weighted by atomic mass is 10.1. The third-order valence-electron chi connectivity index (χ3n) is 2.29. The summed E-state index contributed by atoms with van der Waals surface area (Å²) in [7, 11) is 0. The number of unbranched alkanes of at least 4 members (excludes halogenated alkanes) is 4. The summed E-state index contributed by atoms with van der Waals surface area (Å²) in [5, 5.41) is 0. The molecule has 0 unspecified atom stereocenters. The van der Waals surface area contributed by atoms with Crippen molar-refractivity contribution in [2.24, 2.45) is 0 Å². The van der Waals surface area contributed by atoms with E-state index in [2.05, 4.69) is 11.9 Å². The predicted octanol–water partition coefficient (Wildman–Crippen LogP) is 2.21. The Bertz CT molecular complexity index is 306. The summed E-state index contributed by atoms with van der Waals surface area (Å²) < 4.78 is 1.67. The third kappa shape index (κ3) is 3.73. The average molecular weight is 194 g/mol. The van der Waals surface area contributed by atoms with Crippen molar-refractivity contribution in [3.8, 4) is 0 Å². The van der Waals surface area contributed by atoms with Crippen LogP contribution < -0.4 is 5.69 Å². The monoisotopic (exact) mass is 194 g/mol. The van der Waals surface area contributed by atoms with Crippen molar-refractivity contribution in [1.29, 1.82) is 0 Å². The minimum Gasteiger partial charge on any atom is -0.299 e. The summed E-state index contributed by atoms with van der Waals surface area (Å²) in [5.74, 6) is 0. The van der Waals surface area contributed by atoms with Crippen molar-refractivity contribution in [3.63, 3.8) is 0 Å². The van der Waals surface area contributed by atoms with E-state index in [0.29, 0.717) is 0 Å². The standard InChI is InChI=1S/C11H18N2O/c1-2-3-4-5-6-9-13-10-7-8-12-11(13)14/h7-8,10H,2-6,9H2,1H3. The third-order valence-corrected chi connectivity index (χ3v) is 2.29. The molecule has 0 aliphatic carbocycles. The SMILES string of the molecule is CCCCCCCn1cccnc1=O. The second kappa shape index (κ2) is 6.35. The van der Waals surface area contributed by atoms with Crippen molar-refractivity contribution in [1.82, 2.24) is 9.55 Å². The summed E-state index contributed by atoms with van der Waals surface area (Å²) in [6.45, 7) is 3.00. The van der Waals surface area contributed by atoms with Crippen molar-refractivity contribution >= 4 is 0 Å². The molecule has 78 valence electrons. The van der Waals surface area contributed by atoms with Crippen molar-refractivity contribution < 1.29 is 0 Å². The van der Waals surface area contributed by atoms with Gasteiger partial charge in [0.05, 0.1) is 0 Å². The van der Waals surface area contributed by atoms with Gasteiger partial charge in [0.1, 0.15) is 0 Å². The normalized spacial score (nSPS) is 10.4. The van der Waals surface area contributed by atoms with Gasteiger partial charge in [-0.05, 0) is 12.5 Å². The summed E-state index contributed by atoms with van der Waals surface area (Å²) in [5.41, 5.74) is -0.136. The second-order valence-corrected chi connectivity index (χ2v) is 3.51. The van der Waals surface area contributed by atoms with Crippen LogP contribution in [0.4, 0.5) is 0 Å². The molecule has 0 saturated carbocycles. The first-order valence-corrected chi connectivity index (χ1v) is 5.36. The summed E-state index contributed by atoms with van der Waals surface area (Å²) in [6, 6.07) is 1.80. The van der Waals surface area contributed by atoms with E-state index in [9.17, 15) is 4.79 Å². The molecule has 0 spiro atoms. The Morgan fingerprint density at radius 3 is 2.79 bits per heavy atom. The summed E-state index contributed by atoms with van der Waals surface area (Å²) >= 11 is 0. The highest BCUT2D eigenvalue weighted by Gasteiger charge is 1.94. The van der Waals surface area contributed by atoms with E-state index in [1.807, 2.05) is 0 Å². The molecule has 1 aromatic rings. The van der Waals surface area contributed by atoms with E-state index in [1.54, 1.807) is 16.8 Å². The predicted molar refractivity (Wildman–Crippen MR) is 57.3 cm³/mol. The minimum atomic E-state index is -0.136. The zero-order valence-corrected chi connectivity index (χ0v) is 8.78. The highest BCUT2D eigenvalue weighted by atomic mass is 16.1. The Kier molecular flexibility index (Phi) is 4.97. The van der Waals surface area contributed by atoms with Gasteiger partial charge in [-0.2, -0.15) is 0 Å². The molecule has 1 rings (SSSR count). The summed E-state index contributed by atoms with van der Waals surface area (Å²) in [6.07, 6.45) is 9.44. The molecule has 0 aromatic carbocycles. The molecule has 0 saturated heterocycles. The Morgan fingerprint density at radius 1 is 1.29 bits per heavy atom. The van der Waals surface area contributed by atoms with Crippen LogP contribution in [0.5, 0.6) is 0 Å². The van der Waals surface area contributed by atoms with E-state index in [4.69, 9.17) is 0 Å². The molecule has 14 heavy (non-hydrogen) atoms. The second-order valence-electron chi connectivity index (χ2n) is 3.51. The lowest BCUT2D eigenvalue weighted by molar-refractivity contribution is 0.551. The van der Waals surface area contributed by atoms with Crippen molar-refractivity contribution in [3.05, 3.63) is 28.9 Å². The first-order chi connectivity index (χ1) is 6.84.